The number of urea groups is 1. The Morgan fingerprint density at radius 2 is 1.75 bits per heavy atom. The van der Waals surface area contributed by atoms with E-state index in [1.807, 2.05) is 37.6 Å². The summed E-state index contributed by atoms with van der Waals surface area (Å²) < 4.78 is 55.7. The second-order valence-electron chi connectivity index (χ2n) is 11.1. The van der Waals surface area contributed by atoms with Crippen molar-refractivity contribution in [3.8, 4) is 5.69 Å². The van der Waals surface area contributed by atoms with Crippen LogP contribution in [0.1, 0.15) is 59.9 Å². The van der Waals surface area contributed by atoms with Crippen molar-refractivity contribution in [3.63, 3.8) is 0 Å². The Morgan fingerprint density at radius 3 is 2.34 bits per heavy atom. The number of carbonyl (C=O) groups is 2. The Labute approximate surface area is 256 Å². The molecule has 1 saturated heterocycles. The number of likely N-dealkylation sites (tertiary alicyclic amines) is 1. The molecule has 44 heavy (non-hydrogen) atoms. The first-order chi connectivity index (χ1) is 20.8. The molecule has 3 aromatic rings. The number of halogens is 2. The van der Waals surface area contributed by atoms with E-state index in [4.69, 9.17) is 10.8 Å². The number of carbonyl (C=O) groups excluding carboxylic acids is 2. The molecule has 4 N–H and O–H groups in total. The lowest BCUT2D eigenvalue weighted by Crippen LogP contribution is -2.49. The molecule has 1 aliphatic rings. The van der Waals surface area contributed by atoms with Gasteiger partial charge < -0.3 is 16.0 Å². The highest BCUT2D eigenvalue weighted by molar-refractivity contribution is 7.92. The van der Waals surface area contributed by atoms with Crippen LogP contribution in [0.2, 0.25) is 0 Å². The number of hydrogen-bond donors (Lipinski definition) is 3. The van der Waals surface area contributed by atoms with Crippen molar-refractivity contribution in [2.24, 2.45) is 5.73 Å². The van der Waals surface area contributed by atoms with E-state index in [0.717, 1.165) is 60.9 Å². The number of nitrogens with two attached hydrogens (primary N) is 1. The number of benzene rings is 2. The molecule has 0 saturated carbocycles. The zero-order valence-corrected chi connectivity index (χ0v) is 26.2. The topological polar surface area (TPSA) is 143 Å². The zero-order chi connectivity index (χ0) is 32.2. The van der Waals surface area contributed by atoms with Gasteiger partial charge in [-0.1, -0.05) is 13.3 Å². The normalized spacial score (nSPS) is 14.4. The molecule has 0 spiro atoms. The van der Waals surface area contributed by atoms with E-state index in [2.05, 4.69) is 14.9 Å². The number of primary amides is 1. The number of nitrogens with zero attached hydrogens (tertiary/aromatic N) is 4. The molecule has 0 unspecified atom stereocenters. The fourth-order valence-electron chi connectivity index (χ4n) is 5.45. The summed E-state index contributed by atoms with van der Waals surface area (Å²) in [6.45, 7) is 8.58. The number of hydrogen-bond acceptors (Lipinski definition) is 6. The molecule has 11 nitrogen and oxygen atoms in total. The second kappa shape index (κ2) is 13.7. The Morgan fingerprint density at radius 1 is 1.09 bits per heavy atom. The van der Waals surface area contributed by atoms with Crippen LogP contribution in [-0.2, 0) is 16.6 Å². The Bertz CT molecular complexity index is 1620. The van der Waals surface area contributed by atoms with E-state index in [0.29, 0.717) is 37.7 Å². The molecule has 0 atom stereocenters. The minimum absolute atomic E-state index is 0.0825. The van der Waals surface area contributed by atoms with Crippen molar-refractivity contribution in [2.45, 2.75) is 59.0 Å². The summed E-state index contributed by atoms with van der Waals surface area (Å²) in [7, 11) is -3.37. The molecular weight excluding hydrogens is 592 g/mol. The van der Waals surface area contributed by atoms with E-state index >= 15 is 0 Å². The molecule has 3 amide bonds. The number of anilines is 2. The van der Waals surface area contributed by atoms with Crippen LogP contribution < -0.4 is 15.8 Å². The molecule has 1 aliphatic heterocycles. The zero-order valence-electron chi connectivity index (χ0n) is 25.4. The van der Waals surface area contributed by atoms with Gasteiger partial charge in [-0.05, 0) is 63.4 Å². The molecular formula is C30H39F2N7O4S. The Balaban J connectivity index is 1.42. The molecule has 0 aliphatic carbocycles. The number of rotatable bonds is 11. The number of piperidine rings is 1. The summed E-state index contributed by atoms with van der Waals surface area (Å²) in [6.07, 6.45) is 4.13. The maximum Gasteiger partial charge on any atom is 0.322 e. The van der Waals surface area contributed by atoms with Crippen LogP contribution in [0.5, 0.6) is 0 Å². The van der Waals surface area contributed by atoms with Crippen LogP contribution in [0.15, 0.2) is 36.4 Å². The molecule has 4 rings (SSSR count). The molecule has 2 heterocycles. The summed E-state index contributed by atoms with van der Waals surface area (Å²) >= 11 is 0. The monoisotopic (exact) mass is 631 g/mol. The fourth-order valence-corrected chi connectivity index (χ4v) is 6.02. The van der Waals surface area contributed by atoms with Crippen LogP contribution >= 0.6 is 0 Å². The highest BCUT2D eigenvalue weighted by Crippen LogP contribution is 2.26. The standard InChI is InChI=1S/C30H39F2N7O4S/c1-5-6-13-38(30(41)34-28-16-24(29(33)40)26(31)17-27(28)32)22-11-14-37(15-12-22)18-25-19(2)35-39(20(25)3)23-9-7-21(8-10-23)36-44(4,42)43/h7-10,16-17,22,36H,5-6,11-15,18H2,1-4H3,(H2,33,40)(H,34,41). The SMILES string of the molecule is CCCCN(C(=O)Nc1cc(C(N)=O)c(F)cc1F)C1CCN(Cc2c(C)nn(-c3ccc(NS(C)(=O)=O)cc3)c2C)CC1. The van der Waals surface area contributed by atoms with Crippen molar-refractivity contribution in [1.29, 1.82) is 0 Å². The molecule has 2 aromatic carbocycles. The summed E-state index contributed by atoms with van der Waals surface area (Å²) in [5, 5.41) is 7.24. The predicted octanol–water partition coefficient (Wildman–Crippen LogP) is 4.54. The number of aromatic nitrogens is 2. The summed E-state index contributed by atoms with van der Waals surface area (Å²) in [6, 6.07) is 7.89. The molecule has 0 bridgehead atoms. The van der Waals surface area contributed by atoms with Gasteiger partial charge >= 0.3 is 6.03 Å². The highest BCUT2D eigenvalue weighted by Gasteiger charge is 2.29. The summed E-state index contributed by atoms with van der Waals surface area (Å²) in [5.41, 5.74) is 8.66. The van der Waals surface area contributed by atoms with Crippen molar-refractivity contribution >= 4 is 33.3 Å². The third kappa shape index (κ3) is 7.91. The Kier molecular flexibility index (Phi) is 10.3. The maximum absolute atomic E-state index is 14.5. The molecule has 14 heteroatoms. The molecule has 1 aromatic heterocycles. The van der Waals surface area contributed by atoms with Crippen LogP contribution in [-0.4, -0.2) is 71.9 Å². The van der Waals surface area contributed by atoms with Gasteiger partial charge in [0.2, 0.25) is 10.0 Å². The first-order valence-corrected chi connectivity index (χ1v) is 16.4. The number of aryl methyl sites for hydroxylation is 1. The van der Waals surface area contributed by atoms with E-state index in [-0.39, 0.29) is 11.7 Å². The lowest BCUT2D eigenvalue weighted by atomic mass is 10.0. The molecule has 0 radical (unpaired) electrons. The van der Waals surface area contributed by atoms with E-state index in [1.165, 1.54) is 0 Å². The van der Waals surface area contributed by atoms with Gasteiger partial charge in [0.05, 0.1) is 28.9 Å². The van der Waals surface area contributed by atoms with Gasteiger partial charge in [-0.2, -0.15) is 5.10 Å². The molecule has 1 fully saturated rings. The van der Waals surface area contributed by atoms with E-state index < -0.39 is 39.2 Å². The smallest absolute Gasteiger partial charge is 0.322 e. The van der Waals surface area contributed by atoms with Gasteiger partial charge in [0.25, 0.3) is 5.91 Å². The van der Waals surface area contributed by atoms with Crippen molar-refractivity contribution in [2.75, 3.05) is 35.9 Å². The maximum atomic E-state index is 14.5. The van der Waals surface area contributed by atoms with Gasteiger partial charge in [-0.3, -0.25) is 14.4 Å². The lowest BCUT2D eigenvalue weighted by Gasteiger charge is -2.38. The van der Waals surface area contributed by atoms with E-state index in [1.54, 1.807) is 17.0 Å². The first kappa shape index (κ1) is 32.9. The van der Waals surface area contributed by atoms with Crippen molar-refractivity contribution < 1.29 is 26.8 Å². The highest BCUT2D eigenvalue weighted by atomic mass is 32.2. The first-order valence-electron chi connectivity index (χ1n) is 14.5. The predicted molar refractivity (Wildman–Crippen MR) is 165 cm³/mol. The van der Waals surface area contributed by atoms with Gasteiger partial charge in [0, 0.05) is 55.2 Å². The average Bonchev–Trinajstić information content (AvgIpc) is 3.23. The third-order valence-electron chi connectivity index (χ3n) is 7.81. The van der Waals surface area contributed by atoms with Gasteiger partial charge in [0.1, 0.15) is 11.6 Å². The van der Waals surface area contributed by atoms with E-state index in [9.17, 15) is 26.8 Å². The minimum atomic E-state index is -3.37. The number of nitrogens with one attached hydrogen (secondary N) is 2. The average molecular weight is 632 g/mol. The van der Waals surface area contributed by atoms with Crippen LogP contribution in [0, 0.1) is 25.5 Å². The van der Waals surface area contributed by atoms with Crippen LogP contribution in [0.4, 0.5) is 25.0 Å². The minimum Gasteiger partial charge on any atom is -0.366 e. The van der Waals surface area contributed by atoms with Crippen molar-refractivity contribution in [1.82, 2.24) is 19.6 Å². The Hall–Kier alpha value is -4.04. The fraction of sp³-hybridized carbons (Fsp3) is 0.433. The second-order valence-corrected chi connectivity index (χ2v) is 12.9. The third-order valence-corrected chi connectivity index (χ3v) is 8.42. The molecule has 238 valence electrons. The van der Waals surface area contributed by atoms with Crippen LogP contribution in [0.3, 0.4) is 0 Å². The van der Waals surface area contributed by atoms with Crippen LogP contribution in [0.25, 0.3) is 5.69 Å². The number of sulfonamides is 1. The van der Waals surface area contributed by atoms with Gasteiger partial charge in [-0.25, -0.2) is 26.7 Å². The quantitative estimate of drug-likeness (QED) is 0.284. The van der Waals surface area contributed by atoms with Crippen molar-refractivity contribution in [3.05, 3.63) is 70.5 Å². The number of amides is 3. The number of unbranched alkanes of at least 4 members (excludes halogenated alkanes) is 1. The largest absolute Gasteiger partial charge is 0.366 e. The summed E-state index contributed by atoms with van der Waals surface area (Å²) in [4.78, 5) is 28.8. The summed E-state index contributed by atoms with van der Waals surface area (Å²) in [5.74, 6) is -3.12. The lowest BCUT2D eigenvalue weighted by molar-refractivity contribution is 0.0996. The van der Waals surface area contributed by atoms with Gasteiger partial charge in [0.15, 0.2) is 0 Å². The van der Waals surface area contributed by atoms with Gasteiger partial charge in [-0.15, -0.1) is 0 Å².